The molecule has 1 aromatic heterocycles. The van der Waals surface area contributed by atoms with E-state index in [1.807, 2.05) is 77.6 Å². The Labute approximate surface area is 143 Å². The van der Waals surface area contributed by atoms with Crippen molar-refractivity contribution in [3.8, 4) is 5.69 Å². The number of nitrogens with zero attached hydrogens (tertiary/aromatic N) is 1. The molecule has 2 aromatic carbocycles. The molecule has 3 heteroatoms. The standard InChI is InChI=1S/C21H22N2O/c1-21(2,3)17-12-10-16(11-13-17)20(24)22-18-8-4-5-9-19(18)23-14-6-7-15-23/h4-15H,1-3H3,(H,22,24). The lowest BCUT2D eigenvalue weighted by Crippen LogP contribution is -2.15. The summed E-state index contributed by atoms with van der Waals surface area (Å²) in [6.07, 6.45) is 3.92. The third-order valence-corrected chi connectivity index (χ3v) is 4.05. The number of carbonyl (C=O) groups is 1. The van der Waals surface area contributed by atoms with Crippen LogP contribution in [-0.2, 0) is 5.41 Å². The van der Waals surface area contributed by atoms with Gasteiger partial charge in [-0.2, -0.15) is 0 Å². The van der Waals surface area contributed by atoms with Gasteiger partial charge in [0.1, 0.15) is 0 Å². The number of aromatic nitrogens is 1. The van der Waals surface area contributed by atoms with E-state index in [9.17, 15) is 4.79 Å². The molecule has 0 fully saturated rings. The van der Waals surface area contributed by atoms with Gasteiger partial charge in [0.25, 0.3) is 5.91 Å². The number of anilines is 1. The molecule has 0 aliphatic heterocycles. The quantitative estimate of drug-likeness (QED) is 0.722. The maximum Gasteiger partial charge on any atom is 0.255 e. The van der Waals surface area contributed by atoms with Gasteiger partial charge in [0, 0.05) is 18.0 Å². The first-order valence-electron chi connectivity index (χ1n) is 8.09. The Bertz CT molecular complexity index is 825. The molecule has 0 saturated carbocycles. The molecule has 0 aliphatic carbocycles. The van der Waals surface area contributed by atoms with E-state index in [1.54, 1.807) is 0 Å². The van der Waals surface area contributed by atoms with Gasteiger partial charge in [0.05, 0.1) is 11.4 Å². The molecule has 1 N–H and O–H groups in total. The van der Waals surface area contributed by atoms with Crippen LogP contribution in [0.25, 0.3) is 5.69 Å². The van der Waals surface area contributed by atoms with Gasteiger partial charge in [-0.15, -0.1) is 0 Å². The molecule has 122 valence electrons. The van der Waals surface area contributed by atoms with Crippen molar-refractivity contribution < 1.29 is 4.79 Å². The lowest BCUT2D eigenvalue weighted by Gasteiger charge is -2.19. The Morgan fingerprint density at radius 2 is 1.50 bits per heavy atom. The fourth-order valence-electron chi connectivity index (χ4n) is 2.62. The Balaban J connectivity index is 1.83. The van der Waals surface area contributed by atoms with Crippen LogP contribution in [0.3, 0.4) is 0 Å². The molecule has 3 rings (SSSR count). The van der Waals surface area contributed by atoms with Crippen molar-refractivity contribution in [2.24, 2.45) is 0 Å². The smallest absolute Gasteiger partial charge is 0.255 e. The number of rotatable bonds is 3. The molecular formula is C21H22N2O. The van der Waals surface area contributed by atoms with Crippen LogP contribution in [0.1, 0.15) is 36.7 Å². The van der Waals surface area contributed by atoms with Crippen LogP contribution in [0.15, 0.2) is 73.1 Å². The summed E-state index contributed by atoms with van der Waals surface area (Å²) in [5.74, 6) is -0.102. The Morgan fingerprint density at radius 3 is 2.12 bits per heavy atom. The zero-order valence-corrected chi connectivity index (χ0v) is 14.3. The van der Waals surface area contributed by atoms with Crippen LogP contribution >= 0.6 is 0 Å². The van der Waals surface area contributed by atoms with Crippen LogP contribution < -0.4 is 5.32 Å². The summed E-state index contributed by atoms with van der Waals surface area (Å²) in [6, 6.07) is 19.5. The summed E-state index contributed by atoms with van der Waals surface area (Å²) in [7, 11) is 0. The van der Waals surface area contributed by atoms with Crippen molar-refractivity contribution in [2.45, 2.75) is 26.2 Å². The Kier molecular flexibility index (Phi) is 4.26. The molecule has 0 unspecified atom stereocenters. The second-order valence-electron chi connectivity index (χ2n) is 6.89. The highest BCUT2D eigenvalue weighted by Gasteiger charge is 2.15. The normalized spacial score (nSPS) is 11.3. The Morgan fingerprint density at radius 1 is 0.875 bits per heavy atom. The summed E-state index contributed by atoms with van der Waals surface area (Å²) >= 11 is 0. The van der Waals surface area contributed by atoms with E-state index < -0.39 is 0 Å². The third-order valence-electron chi connectivity index (χ3n) is 4.05. The zero-order valence-electron chi connectivity index (χ0n) is 14.3. The van der Waals surface area contributed by atoms with Crippen LogP contribution in [-0.4, -0.2) is 10.5 Å². The van der Waals surface area contributed by atoms with Crippen molar-refractivity contribution in [3.05, 3.63) is 84.2 Å². The van der Waals surface area contributed by atoms with Crippen molar-refractivity contribution in [1.29, 1.82) is 0 Å². The lowest BCUT2D eigenvalue weighted by molar-refractivity contribution is 0.102. The number of hydrogen-bond donors (Lipinski definition) is 1. The largest absolute Gasteiger partial charge is 0.322 e. The molecule has 0 bridgehead atoms. The molecule has 0 aliphatic rings. The SMILES string of the molecule is CC(C)(C)c1ccc(C(=O)Nc2ccccc2-n2cccc2)cc1. The highest BCUT2D eigenvalue weighted by atomic mass is 16.1. The molecule has 3 nitrogen and oxygen atoms in total. The monoisotopic (exact) mass is 318 g/mol. The molecule has 0 radical (unpaired) electrons. The maximum atomic E-state index is 12.6. The van der Waals surface area contributed by atoms with Gasteiger partial charge in [-0.05, 0) is 47.4 Å². The third kappa shape index (κ3) is 3.40. The number of carbonyl (C=O) groups excluding carboxylic acids is 1. The zero-order chi connectivity index (χ0) is 17.2. The number of amides is 1. The van der Waals surface area contributed by atoms with Gasteiger partial charge >= 0.3 is 0 Å². The van der Waals surface area contributed by atoms with Crippen LogP contribution in [0, 0.1) is 0 Å². The second kappa shape index (κ2) is 6.36. The first-order valence-corrected chi connectivity index (χ1v) is 8.09. The van der Waals surface area contributed by atoms with Crippen LogP contribution in [0.4, 0.5) is 5.69 Å². The van der Waals surface area contributed by atoms with E-state index in [2.05, 4.69) is 26.1 Å². The average Bonchev–Trinajstić information content (AvgIpc) is 3.09. The first-order chi connectivity index (χ1) is 11.4. The molecule has 1 heterocycles. The van der Waals surface area contributed by atoms with Gasteiger partial charge in [-0.25, -0.2) is 0 Å². The summed E-state index contributed by atoms with van der Waals surface area (Å²) in [5, 5.41) is 3.01. The second-order valence-corrected chi connectivity index (χ2v) is 6.89. The predicted octanol–water partition coefficient (Wildman–Crippen LogP) is 5.03. The van der Waals surface area contributed by atoms with Gasteiger partial charge in [-0.3, -0.25) is 4.79 Å². The van der Waals surface area contributed by atoms with Gasteiger partial charge in [0.15, 0.2) is 0 Å². The summed E-state index contributed by atoms with van der Waals surface area (Å²) in [4.78, 5) is 12.6. The van der Waals surface area contributed by atoms with E-state index in [1.165, 1.54) is 5.56 Å². The van der Waals surface area contributed by atoms with Crippen molar-refractivity contribution in [2.75, 3.05) is 5.32 Å². The molecule has 3 aromatic rings. The number of nitrogens with one attached hydrogen (secondary N) is 1. The highest BCUT2D eigenvalue weighted by molar-refractivity contribution is 6.05. The minimum absolute atomic E-state index is 0.0794. The fourth-order valence-corrected chi connectivity index (χ4v) is 2.62. The predicted molar refractivity (Wildman–Crippen MR) is 98.9 cm³/mol. The van der Waals surface area contributed by atoms with E-state index in [-0.39, 0.29) is 11.3 Å². The first kappa shape index (κ1) is 16.1. The van der Waals surface area contributed by atoms with Crippen molar-refractivity contribution in [1.82, 2.24) is 4.57 Å². The molecule has 24 heavy (non-hydrogen) atoms. The lowest BCUT2D eigenvalue weighted by atomic mass is 9.87. The molecule has 0 saturated heterocycles. The maximum absolute atomic E-state index is 12.6. The van der Waals surface area contributed by atoms with Gasteiger partial charge < -0.3 is 9.88 Å². The van der Waals surface area contributed by atoms with Gasteiger partial charge in [-0.1, -0.05) is 45.0 Å². The molecule has 0 atom stereocenters. The minimum atomic E-state index is -0.102. The number of hydrogen-bond acceptors (Lipinski definition) is 1. The van der Waals surface area contributed by atoms with E-state index in [0.717, 1.165) is 11.4 Å². The number of benzene rings is 2. The Hall–Kier alpha value is -2.81. The van der Waals surface area contributed by atoms with Gasteiger partial charge in [0.2, 0.25) is 0 Å². The van der Waals surface area contributed by atoms with E-state index in [4.69, 9.17) is 0 Å². The highest BCUT2D eigenvalue weighted by Crippen LogP contribution is 2.24. The summed E-state index contributed by atoms with van der Waals surface area (Å²) < 4.78 is 1.98. The molecule has 1 amide bonds. The van der Waals surface area contributed by atoms with Crippen LogP contribution in [0.2, 0.25) is 0 Å². The topological polar surface area (TPSA) is 34.0 Å². The van der Waals surface area contributed by atoms with Crippen molar-refractivity contribution in [3.63, 3.8) is 0 Å². The minimum Gasteiger partial charge on any atom is -0.322 e. The van der Waals surface area contributed by atoms with Crippen molar-refractivity contribution >= 4 is 11.6 Å². The fraction of sp³-hybridized carbons (Fsp3) is 0.190. The van der Waals surface area contributed by atoms with Crippen LogP contribution in [0.5, 0.6) is 0 Å². The summed E-state index contributed by atoms with van der Waals surface area (Å²) in [6.45, 7) is 6.49. The average molecular weight is 318 g/mol. The number of para-hydroxylation sites is 2. The molecule has 0 spiro atoms. The molecular weight excluding hydrogens is 296 g/mol. The van der Waals surface area contributed by atoms with E-state index >= 15 is 0 Å². The van der Waals surface area contributed by atoms with E-state index in [0.29, 0.717) is 5.56 Å². The summed E-state index contributed by atoms with van der Waals surface area (Å²) in [5.41, 5.74) is 3.69.